The van der Waals surface area contributed by atoms with Gasteiger partial charge in [-0.2, -0.15) is 0 Å². The fourth-order valence-corrected chi connectivity index (χ4v) is 2.14. The predicted molar refractivity (Wildman–Crippen MR) is 76.5 cm³/mol. The molecule has 0 aliphatic carbocycles. The average Bonchev–Trinajstić information content (AvgIpc) is 1.98. The maximum absolute atomic E-state index is 3.24. The van der Waals surface area contributed by atoms with Crippen molar-refractivity contribution >= 4 is 16.1 Å². The van der Waals surface area contributed by atoms with Crippen molar-refractivity contribution in [3.63, 3.8) is 0 Å². The molecule has 0 atom stereocenters. The van der Waals surface area contributed by atoms with Crippen LogP contribution in [-0.2, 0) is 0 Å². The first-order chi connectivity index (χ1) is 6.71. The molecule has 0 aliphatic rings. The molecule has 0 amide bonds. The van der Waals surface area contributed by atoms with E-state index < -0.39 is 16.1 Å². The fourth-order valence-electron chi connectivity index (χ4n) is 0.825. The maximum atomic E-state index is 3.24. The zero-order valence-corrected chi connectivity index (χ0v) is 13.1. The van der Waals surface area contributed by atoms with E-state index in [1.54, 1.807) is 0 Å². The molecule has 0 radical (unpaired) electrons. The van der Waals surface area contributed by atoms with E-state index in [4.69, 9.17) is 0 Å². The van der Waals surface area contributed by atoms with Crippen LogP contribution >= 0.6 is 0 Å². The molecular weight excluding hydrogens is 212 g/mol. The second kappa shape index (κ2) is 6.21. The monoisotopic (exact) mass is 236 g/mol. The maximum Gasteiger partial charge on any atom is 0.0702 e. The van der Waals surface area contributed by atoms with Crippen LogP contribution in [0.15, 0.2) is 0 Å². The largest absolute Gasteiger partial charge is 0.105 e. The van der Waals surface area contributed by atoms with E-state index in [0.29, 0.717) is 0 Å². The van der Waals surface area contributed by atoms with Crippen LogP contribution in [0.4, 0.5) is 0 Å². The van der Waals surface area contributed by atoms with Crippen LogP contribution in [0, 0.1) is 23.7 Å². The van der Waals surface area contributed by atoms with Crippen LogP contribution < -0.4 is 0 Å². The van der Waals surface area contributed by atoms with Gasteiger partial charge in [0.2, 0.25) is 0 Å². The first kappa shape index (κ1) is 14.6. The normalized spacial score (nSPS) is 11.1. The van der Waals surface area contributed by atoms with Crippen LogP contribution in [0.5, 0.6) is 0 Å². The number of hydrogen-bond donors (Lipinski definition) is 0. The Kier molecular flexibility index (Phi) is 6.02. The molecule has 84 valence electrons. The third-order valence-electron chi connectivity index (χ3n) is 1.66. The van der Waals surface area contributed by atoms with Crippen molar-refractivity contribution in [2.75, 3.05) is 0 Å². The smallest absolute Gasteiger partial charge is 0.0702 e. The Balaban J connectivity index is 3.79. The van der Waals surface area contributed by atoms with Gasteiger partial charge in [0.25, 0.3) is 0 Å². The molecule has 15 heavy (non-hydrogen) atoms. The molecule has 0 fully saturated rings. The molecule has 0 aliphatic heterocycles. The van der Waals surface area contributed by atoms with Crippen LogP contribution in [0.3, 0.4) is 0 Å². The van der Waals surface area contributed by atoms with Gasteiger partial charge in [-0.15, -0.1) is 11.8 Å². The van der Waals surface area contributed by atoms with E-state index in [-0.39, 0.29) is 0 Å². The first-order valence-corrected chi connectivity index (χ1v) is 13.0. The highest BCUT2D eigenvalue weighted by Gasteiger charge is 2.10. The molecular formula is C13H24Si2. The summed E-state index contributed by atoms with van der Waals surface area (Å²) in [6, 6.07) is 2.20. The van der Waals surface area contributed by atoms with Gasteiger partial charge >= 0.3 is 0 Å². The minimum absolute atomic E-state index is 0.759. The number of hydrogen-bond acceptors (Lipinski definition) is 0. The zero-order valence-electron chi connectivity index (χ0n) is 11.1. The first-order valence-electron chi connectivity index (χ1n) is 5.62. The van der Waals surface area contributed by atoms with Crippen LogP contribution in [0.25, 0.3) is 0 Å². The lowest BCUT2D eigenvalue weighted by Crippen LogP contribution is -2.17. The highest BCUT2D eigenvalue weighted by Crippen LogP contribution is 2.06. The van der Waals surface area contributed by atoms with Gasteiger partial charge < -0.3 is 0 Å². The molecule has 0 aromatic heterocycles. The Morgan fingerprint density at radius 1 is 0.600 bits per heavy atom. The topological polar surface area (TPSA) is 0 Å². The molecule has 0 aromatic rings. The van der Waals surface area contributed by atoms with Crippen molar-refractivity contribution in [1.82, 2.24) is 0 Å². The Bertz CT molecular complexity index is 262. The van der Waals surface area contributed by atoms with Gasteiger partial charge in [-0.25, -0.2) is 0 Å². The molecule has 0 unspecified atom stereocenters. The van der Waals surface area contributed by atoms with E-state index in [0.717, 1.165) is 18.5 Å². The molecule has 0 saturated carbocycles. The molecule has 0 rings (SSSR count). The van der Waals surface area contributed by atoms with Gasteiger partial charge in [0.15, 0.2) is 0 Å². The highest BCUT2D eigenvalue weighted by molar-refractivity contribution is 6.77. The molecule has 0 aromatic carbocycles. The van der Waals surface area contributed by atoms with Crippen molar-refractivity contribution in [1.29, 1.82) is 0 Å². The van der Waals surface area contributed by atoms with Crippen molar-refractivity contribution in [3.8, 4) is 23.7 Å². The van der Waals surface area contributed by atoms with Gasteiger partial charge in [-0.3, -0.25) is 0 Å². The Labute approximate surface area is 97.9 Å². The summed E-state index contributed by atoms with van der Waals surface area (Å²) >= 11 is 0. The van der Waals surface area contributed by atoms with Crippen LogP contribution in [0.2, 0.25) is 51.4 Å². The Morgan fingerprint density at radius 3 is 1.20 bits per heavy atom. The molecule has 0 N–H and O–H groups in total. The minimum atomic E-state index is -0.971. The van der Waals surface area contributed by atoms with Gasteiger partial charge in [0, 0.05) is 12.1 Å². The SMILES string of the molecule is C[Si](C)(C)CC#CCC#CC[Si](C)(C)C. The second-order valence-electron chi connectivity index (χ2n) is 6.36. The Hall–Kier alpha value is -0.446. The summed E-state index contributed by atoms with van der Waals surface area (Å²) in [5, 5.41) is 0. The minimum Gasteiger partial charge on any atom is -0.105 e. The third-order valence-corrected chi connectivity index (χ3v) is 4.14. The third kappa shape index (κ3) is 13.6. The van der Waals surface area contributed by atoms with Gasteiger partial charge in [-0.1, -0.05) is 51.1 Å². The molecule has 0 nitrogen and oxygen atoms in total. The lowest BCUT2D eigenvalue weighted by Gasteiger charge is -2.09. The Morgan fingerprint density at radius 2 is 0.933 bits per heavy atom. The number of rotatable bonds is 2. The zero-order chi connectivity index (χ0) is 11.9. The molecule has 2 heteroatoms. The van der Waals surface area contributed by atoms with E-state index in [2.05, 4.69) is 63.0 Å². The van der Waals surface area contributed by atoms with Crippen molar-refractivity contribution < 1.29 is 0 Å². The lowest BCUT2D eigenvalue weighted by molar-refractivity contribution is 1.50. The van der Waals surface area contributed by atoms with E-state index in [9.17, 15) is 0 Å². The summed E-state index contributed by atoms with van der Waals surface area (Å²) in [6.45, 7) is 14.1. The van der Waals surface area contributed by atoms with Crippen molar-refractivity contribution in [2.45, 2.75) is 57.8 Å². The van der Waals surface area contributed by atoms with Gasteiger partial charge in [0.1, 0.15) is 0 Å². The van der Waals surface area contributed by atoms with Gasteiger partial charge in [0.05, 0.1) is 22.6 Å². The van der Waals surface area contributed by atoms with Crippen molar-refractivity contribution in [3.05, 3.63) is 0 Å². The second-order valence-corrected chi connectivity index (χ2v) is 17.3. The van der Waals surface area contributed by atoms with E-state index in [1.807, 2.05) is 0 Å². The van der Waals surface area contributed by atoms with E-state index >= 15 is 0 Å². The predicted octanol–water partition coefficient (Wildman–Crippen LogP) is 4.06. The average molecular weight is 237 g/mol. The quantitative estimate of drug-likeness (QED) is 0.501. The van der Waals surface area contributed by atoms with Crippen molar-refractivity contribution in [2.24, 2.45) is 0 Å². The summed E-state index contributed by atoms with van der Waals surface area (Å²) in [5.74, 6) is 12.8. The van der Waals surface area contributed by atoms with Crippen LogP contribution in [-0.4, -0.2) is 16.1 Å². The highest BCUT2D eigenvalue weighted by atomic mass is 28.3. The lowest BCUT2D eigenvalue weighted by atomic mass is 10.4. The summed E-state index contributed by atoms with van der Waals surface area (Å²) in [7, 11) is -1.94. The fraction of sp³-hybridized carbons (Fsp3) is 0.692. The molecule has 0 saturated heterocycles. The van der Waals surface area contributed by atoms with Gasteiger partial charge in [-0.05, 0) is 0 Å². The summed E-state index contributed by atoms with van der Waals surface area (Å²) in [6.07, 6.45) is 0.759. The van der Waals surface area contributed by atoms with Crippen LogP contribution in [0.1, 0.15) is 6.42 Å². The molecule has 0 spiro atoms. The summed E-state index contributed by atoms with van der Waals surface area (Å²) in [4.78, 5) is 0. The summed E-state index contributed by atoms with van der Waals surface area (Å²) in [5.41, 5.74) is 0. The van der Waals surface area contributed by atoms with E-state index in [1.165, 1.54) is 0 Å². The molecule has 0 heterocycles. The molecule has 0 bridgehead atoms. The summed E-state index contributed by atoms with van der Waals surface area (Å²) < 4.78 is 0. The standard InChI is InChI=1S/C13H24Si2/c1-14(2,3)12-10-8-7-9-11-13-15(4,5)6/h7,12-13H2,1-6H3.